The van der Waals surface area contributed by atoms with Crippen molar-refractivity contribution in [3.8, 4) is 5.75 Å². The number of benzene rings is 1. The highest BCUT2D eigenvalue weighted by molar-refractivity contribution is 7.80. The van der Waals surface area contributed by atoms with Crippen LogP contribution >= 0.6 is 12.2 Å². The predicted molar refractivity (Wildman–Crippen MR) is 108 cm³/mol. The van der Waals surface area contributed by atoms with Gasteiger partial charge in [-0.15, -0.1) is 0 Å². The Balaban J connectivity index is 1.76. The summed E-state index contributed by atoms with van der Waals surface area (Å²) in [6.07, 6.45) is 1.51. The van der Waals surface area contributed by atoms with Crippen molar-refractivity contribution in [2.24, 2.45) is 0 Å². The molecule has 0 spiro atoms. The summed E-state index contributed by atoms with van der Waals surface area (Å²) in [6.45, 7) is 1.37. The first kappa shape index (κ1) is 20.9. The number of aryl methyl sites for hydroxylation is 1. The number of hydrogen-bond acceptors (Lipinski definition) is 5. The van der Waals surface area contributed by atoms with E-state index in [0.717, 1.165) is 0 Å². The first-order valence-electron chi connectivity index (χ1n) is 9.04. The Labute approximate surface area is 171 Å². The van der Waals surface area contributed by atoms with Crippen LogP contribution in [0.5, 0.6) is 5.75 Å². The van der Waals surface area contributed by atoms with Gasteiger partial charge in [-0.2, -0.15) is 13.9 Å². The van der Waals surface area contributed by atoms with Crippen LogP contribution < -0.4 is 15.4 Å². The fourth-order valence-corrected chi connectivity index (χ4v) is 3.12. The Morgan fingerprint density at radius 2 is 1.97 bits per heavy atom. The van der Waals surface area contributed by atoms with Crippen molar-refractivity contribution in [1.29, 1.82) is 0 Å². The molecular formula is C18H21F2N5O3S. The maximum Gasteiger partial charge on any atom is 0.387 e. The van der Waals surface area contributed by atoms with Gasteiger partial charge in [0, 0.05) is 19.6 Å². The molecule has 8 nitrogen and oxygen atoms in total. The van der Waals surface area contributed by atoms with E-state index in [4.69, 9.17) is 17.0 Å². The highest BCUT2D eigenvalue weighted by Crippen LogP contribution is 2.26. The minimum atomic E-state index is -2.96. The molecule has 2 N–H and O–H groups in total. The number of hydrogen-bond donors (Lipinski definition) is 2. The van der Waals surface area contributed by atoms with Crippen LogP contribution in [-0.4, -0.2) is 58.6 Å². The Bertz CT molecular complexity index is 871. The van der Waals surface area contributed by atoms with Crippen LogP contribution in [0.3, 0.4) is 0 Å². The fraction of sp³-hybridized carbons (Fsp3) is 0.389. The second kappa shape index (κ2) is 9.61. The van der Waals surface area contributed by atoms with Gasteiger partial charge in [0.05, 0.1) is 30.8 Å². The molecule has 3 rings (SSSR count). The SMILES string of the molecule is CCn1ncc(NC(=S)Nc2ccccc2OC(F)F)c1C(=O)N1CCOCC1. The molecule has 2 heterocycles. The number of anilines is 2. The van der Waals surface area contributed by atoms with Crippen LogP contribution in [0.1, 0.15) is 17.4 Å². The number of carbonyl (C=O) groups excluding carboxylic acids is 1. The van der Waals surface area contributed by atoms with E-state index in [0.29, 0.717) is 44.2 Å². The quantitative estimate of drug-likeness (QED) is 0.689. The zero-order valence-corrected chi connectivity index (χ0v) is 16.5. The van der Waals surface area contributed by atoms with Gasteiger partial charge in [0.25, 0.3) is 5.91 Å². The third kappa shape index (κ3) is 5.18. The summed E-state index contributed by atoms with van der Waals surface area (Å²) < 4.78 is 36.5. The van der Waals surface area contributed by atoms with Crippen LogP contribution in [0.4, 0.5) is 20.2 Å². The number of ether oxygens (including phenoxy) is 2. The highest BCUT2D eigenvalue weighted by atomic mass is 32.1. The molecular weight excluding hydrogens is 404 g/mol. The second-order valence-corrected chi connectivity index (χ2v) is 6.49. The summed E-state index contributed by atoms with van der Waals surface area (Å²) in [7, 11) is 0. The third-order valence-corrected chi connectivity index (χ3v) is 4.44. The normalized spacial score (nSPS) is 14.0. The number of halogens is 2. The van der Waals surface area contributed by atoms with Crippen molar-refractivity contribution < 1.29 is 23.0 Å². The molecule has 29 heavy (non-hydrogen) atoms. The molecule has 0 unspecified atom stereocenters. The molecule has 0 bridgehead atoms. The molecule has 0 aliphatic carbocycles. The van der Waals surface area contributed by atoms with Gasteiger partial charge in [0.1, 0.15) is 11.4 Å². The van der Waals surface area contributed by atoms with E-state index in [2.05, 4.69) is 20.5 Å². The van der Waals surface area contributed by atoms with E-state index >= 15 is 0 Å². The number of nitrogens with one attached hydrogen (secondary N) is 2. The van der Waals surface area contributed by atoms with Gasteiger partial charge < -0.3 is 25.0 Å². The maximum absolute atomic E-state index is 13.0. The summed E-state index contributed by atoms with van der Waals surface area (Å²) in [5.74, 6) is -0.222. The number of nitrogens with zero attached hydrogens (tertiary/aromatic N) is 3. The average Bonchev–Trinajstić information content (AvgIpc) is 3.11. The van der Waals surface area contributed by atoms with Crippen molar-refractivity contribution in [2.45, 2.75) is 20.1 Å². The van der Waals surface area contributed by atoms with E-state index in [1.165, 1.54) is 12.3 Å². The number of aromatic nitrogens is 2. The summed E-state index contributed by atoms with van der Waals surface area (Å²) in [5.41, 5.74) is 1.07. The molecule has 0 atom stereocenters. The van der Waals surface area contributed by atoms with Gasteiger partial charge in [-0.1, -0.05) is 12.1 Å². The molecule has 156 valence electrons. The molecule has 1 aliphatic heterocycles. The number of morpholine rings is 1. The fourth-order valence-electron chi connectivity index (χ4n) is 2.90. The molecule has 1 saturated heterocycles. The third-order valence-electron chi connectivity index (χ3n) is 4.24. The largest absolute Gasteiger partial charge is 0.433 e. The van der Waals surface area contributed by atoms with Crippen molar-refractivity contribution >= 4 is 34.6 Å². The lowest BCUT2D eigenvalue weighted by atomic mass is 10.3. The van der Waals surface area contributed by atoms with E-state index in [1.54, 1.807) is 27.8 Å². The van der Waals surface area contributed by atoms with Crippen LogP contribution in [0.2, 0.25) is 0 Å². The Morgan fingerprint density at radius 3 is 2.66 bits per heavy atom. The van der Waals surface area contributed by atoms with Crippen LogP contribution in [0, 0.1) is 0 Å². The van der Waals surface area contributed by atoms with E-state index in [-0.39, 0.29) is 22.5 Å². The average molecular weight is 425 g/mol. The number of rotatable bonds is 6. The Kier molecular flexibility index (Phi) is 6.94. The van der Waals surface area contributed by atoms with E-state index in [1.807, 2.05) is 6.92 Å². The zero-order valence-electron chi connectivity index (χ0n) is 15.7. The smallest absolute Gasteiger partial charge is 0.387 e. The summed E-state index contributed by atoms with van der Waals surface area (Å²) in [6, 6.07) is 6.19. The van der Waals surface area contributed by atoms with Crippen LogP contribution in [0.15, 0.2) is 30.5 Å². The van der Waals surface area contributed by atoms with Crippen molar-refractivity contribution in [2.75, 3.05) is 36.9 Å². The zero-order chi connectivity index (χ0) is 20.8. The van der Waals surface area contributed by atoms with Crippen LogP contribution in [0.25, 0.3) is 0 Å². The van der Waals surface area contributed by atoms with Crippen molar-refractivity contribution in [1.82, 2.24) is 14.7 Å². The number of amides is 1. The van der Waals surface area contributed by atoms with Crippen molar-refractivity contribution in [3.63, 3.8) is 0 Å². The van der Waals surface area contributed by atoms with Gasteiger partial charge in [0.15, 0.2) is 5.11 Å². The van der Waals surface area contributed by atoms with E-state index in [9.17, 15) is 13.6 Å². The Morgan fingerprint density at radius 1 is 1.28 bits per heavy atom. The maximum atomic E-state index is 13.0. The lowest BCUT2D eigenvalue weighted by Gasteiger charge is -2.27. The molecule has 1 fully saturated rings. The van der Waals surface area contributed by atoms with Gasteiger partial charge in [-0.25, -0.2) is 0 Å². The number of thiocarbonyl (C=S) groups is 1. The standard InChI is InChI=1S/C18H21F2N5O3S/c1-2-25-15(16(26)24-7-9-27-10-8-24)13(11-21-25)23-18(29)22-12-5-3-4-6-14(12)28-17(19)20/h3-6,11,17H,2,7-10H2,1H3,(H2,22,23,29). The second-order valence-electron chi connectivity index (χ2n) is 6.08. The molecule has 1 amide bonds. The first-order chi connectivity index (χ1) is 14.0. The molecule has 2 aromatic rings. The minimum absolute atomic E-state index is 0.0412. The molecule has 1 aliphatic rings. The topological polar surface area (TPSA) is 80.7 Å². The summed E-state index contributed by atoms with van der Waals surface area (Å²) >= 11 is 5.29. The summed E-state index contributed by atoms with van der Waals surface area (Å²) in [5, 5.41) is 10.1. The predicted octanol–water partition coefficient (Wildman–Crippen LogP) is 2.79. The van der Waals surface area contributed by atoms with Crippen molar-refractivity contribution in [3.05, 3.63) is 36.2 Å². The lowest BCUT2D eigenvalue weighted by molar-refractivity contribution is -0.0493. The van der Waals surface area contributed by atoms with Crippen LogP contribution in [-0.2, 0) is 11.3 Å². The molecule has 1 aromatic heterocycles. The molecule has 0 saturated carbocycles. The van der Waals surface area contributed by atoms with Gasteiger partial charge >= 0.3 is 6.61 Å². The van der Waals surface area contributed by atoms with Gasteiger partial charge in [0.2, 0.25) is 0 Å². The number of alkyl halides is 2. The number of carbonyl (C=O) groups is 1. The summed E-state index contributed by atoms with van der Waals surface area (Å²) in [4.78, 5) is 14.7. The number of para-hydroxylation sites is 2. The molecule has 11 heteroatoms. The molecule has 1 aromatic carbocycles. The monoisotopic (exact) mass is 425 g/mol. The Hall–Kier alpha value is -2.79. The lowest BCUT2D eigenvalue weighted by Crippen LogP contribution is -2.41. The minimum Gasteiger partial charge on any atom is -0.433 e. The molecule has 0 radical (unpaired) electrons. The van der Waals surface area contributed by atoms with E-state index < -0.39 is 6.61 Å². The van der Waals surface area contributed by atoms with Gasteiger partial charge in [-0.05, 0) is 31.3 Å². The highest BCUT2D eigenvalue weighted by Gasteiger charge is 2.25. The first-order valence-corrected chi connectivity index (χ1v) is 9.45. The van der Waals surface area contributed by atoms with Gasteiger partial charge in [-0.3, -0.25) is 9.48 Å².